The van der Waals surface area contributed by atoms with E-state index < -0.39 is 17.4 Å². The van der Waals surface area contributed by atoms with Crippen LogP contribution in [0, 0.1) is 5.92 Å². The fourth-order valence-electron chi connectivity index (χ4n) is 7.55. The van der Waals surface area contributed by atoms with Crippen molar-refractivity contribution in [3.63, 3.8) is 0 Å². The van der Waals surface area contributed by atoms with Gasteiger partial charge in [0.25, 0.3) is 17.0 Å². The molecule has 0 unspecified atom stereocenters. The maximum Gasteiger partial charge on any atom is 0.279 e. The zero-order valence-corrected chi connectivity index (χ0v) is 30.6. The molecule has 0 fully saturated rings. The number of rotatable bonds is 12. The molecule has 3 heterocycles. The summed E-state index contributed by atoms with van der Waals surface area (Å²) in [5.74, 6) is -1.60. The molecule has 0 saturated carbocycles. The first-order valence-corrected chi connectivity index (χ1v) is 18.4. The van der Waals surface area contributed by atoms with Crippen LogP contribution in [0.4, 0.5) is 5.69 Å². The van der Waals surface area contributed by atoms with Crippen LogP contribution in [0.25, 0.3) is 33.2 Å². The van der Waals surface area contributed by atoms with Crippen molar-refractivity contribution < 1.29 is 19.8 Å². The van der Waals surface area contributed by atoms with Crippen LogP contribution >= 0.6 is 0 Å². The highest BCUT2D eigenvalue weighted by Gasteiger charge is 2.52. The number of benzene rings is 5. The maximum absolute atomic E-state index is 14.6. The number of anilines is 1. The van der Waals surface area contributed by atoms with E-state index in [-0.39, 0.29) is 43.1 Å². The summed E-state index contributed by atoms with van der Waals surface area (Å²) in [6.45, 7) is 2.09. The molecule has 282 valence electrons. The number of aromatic nitrogens is 4. The number of aliphatic hydroxyl groups excluding tert-OH is 1. The summed E-state index contributed by atoms with van der Waals surface area (Å²) in [6.07, 6.45) is 3.29. The second-order valence-corrected chi connectivity index (χ2v) is 14.1. The summed E-state index contributed by atoms with van der Waals surface area (Å²) in [5.41, 5.74) is 2.23. The lowest BCUT2D eigenvalue weighted by atomic mass is 9.82. The van der Waals surface area contributed by atoms with Crippen molar-refractivity contribution in [2.45, 2.75) is 32.0 Å². The fourth-order valence-corrected chi connectivity index (χ4v) is 7.55. The van der Waals surface area contributed by atoms with Crippen molar-refractivity contribution >= 4 is 39.3 Å². The molecule has 1 aliphatic heterocycles. The predicted molar refractivity (Wildman–Crippen MR) is 215 cm³/mol. The number of aliphatic hydroxyl groups is 2. The lowest BCUT2D eigenvalue weighted by Gasteiger charge is -2.28. The van der Waals surface area contributed by atoms with Gasteiger partial charge in [0.05, 0.1) is 52.0 Å². The minimum Gasteiger partial charge on any atom is -0.395 e. The standard InChI is InChI=1S/C44H40N6O6/c1-29(11-9-20-40(52)47(23-24-51)27-30-12-3-2-4-13-30)44(56)36-26-33(50-42(54)35-17-6-8-19-38(35)46-50)21-22-39(36)48(43(44)55)28-31-14-10-15-32(25-31)49-41(53)34-16-5-7-18-37(34)45-49/h2-19,21-22,25-26,29,45-46,51,56H,20,23-24,27-28H2,1H3/b11-9+/t29-,44+/m0/s1. The normalized spacial score (nSPS) is 15.9. The van der Waals surface area contributed by atoms with E-state index in [4.69, 9.17) is 0 Å². The van der Waals surface area contributed by atoms with Gasteiger partial charge in [0.15, 0.2) is 5.60 Å². The van der Waals surface area contributed by atoms with Gasteiger partial charge >= 0.3 is 0 Å². The highest BCUT2D eigenvalue weighted by molar-refractivity contribution is 6.07. The third kappa shape index (κ3) is 6.44. The Labute approximate surface area is 321 Å². The fraction of sp³-hybridized carbons (Fsp3) is 0.182. The van der Waals surface area contributed by atoms with Crippen LogP contribution in [0.5, 0.6) is 0 Å². The molecule has 5 aromatic carbocycles. The van der Waals surface area contributed by atoms with Crippen molar-refractivity contribution in [1.29, 1.82) is 0 Å². The third-order valence-corrected chi connectivity index (χ3v) is 10.5. The molecule has 2 aromatic heterocycles. The Morgan fingerprint density at radius 1 is 0.768 bits per heavy atom. The number of nitrogens with one attached hydrogen (secondary N) is 2. The van der Waals surface area contributed by atoms with Crippen molar-refractivity contribution in [3.8, 4) is 11.4 Å². The minimum absolute atomic E-state index is 0.0115. The molecule has 56 heavy (non-hydrogen) atoms. The number of carbonyl (C=O) groups is 2. The van der Waals surface area contributed by atoms with E-state index in [9.17, 15) is 29.4 Å². The molecule has 0 bridgehead atoms. The molecule has 0 saturated heterocycles. The number of H-pyrrole nitrogens is 2. The Hall–Kier alpha value is -6.76. The van der Waals surface area contributed by atoms with E-state index in [0.717, 1.165) is 5.56 Å². The molecule has 12 nitrogen and oxygen atoms in total. The maximum atomic E-state index is 14.6. The molecular formula is C44H40N6O6. The number of hydrogen-bond acceptors (Lipinski definition) is 6. The first-order valence-electron chi connectivity index (χ1n) is 18.4. The Morgan fingerprint density at radius 2 is 1.38 bits per heavy atom. The zero-order chi connectivity index (χ0) is 39.0. The lowest BCUT2D eigenvalue weighted by molar-refractivity contribution is -0.139. The summed E-state index contributed by atoms with van der Waals surface area (Å²) < 4.78 is 2.85. The van der Waals surface area contributed by atoms with Gasteiger partial charge in [-0.15, -0.1) is 0 Å². The first kappa shape index (κ1) is 36.2. The number of amides is 2. The van der Waals surface area contributed by atoms with Crippen LogP contribution < -0.4 is 16.0 Å². The quantitative estimate of drug-likeness (QED) is 0.125. The number of para-hydroxylation sites is 2. The van der Waals surface area contributed by atoms with E-state index in [1.165, 1.54) is 14.3 Å². The minimum atomic E-state index is -2.07. The van der Waals surface area contributed by atoms with Gasteiger partial charge in [-0.25, -0.2) is 9.36 Å². The second kappa shape index (κ2) is 14.8. The van der Waals surface area contributed by atoms with Gasteiger partial charge in [0, 0.05) is 31.0 Å². The Kier molecular flexibility index (Phi) is 9.59. The lowest BCUT2D eigenvalue weighted by Crippen LogP contribution is -2.44. The van der Waals surface area contributed by atoms with Gasteiger partial charge in [-0.3, -0.25) is 29.4 Å². The van der Waals surface area contributed by atoms with Crippen molar-refractivity contribution in [1.82, 2.24) is 24.5 Å². The second-order valence-electron chi connectivity index (χ2n) is 14.1. The zero-order valence-electron chi connectivity index (χ0n) is 30.6. The molecule has 4 N–H and O–H groups in total. The summed E-state index contributed by atoms with van der Waals surface area (Å²) in [6, 6.07) is 36.3. The highest BCUT2D eigenvalue weighted by atomic mass is 16.3. The molecule has 7 aromatic rings. The summed E-state index contributed by atoms with van der Waals surface area (Å²) >= 11 is 0. The van der Waals surface area contributed by atoms with E-state index in [1.807, 2.05) is 72.8 Å². The first-order chi connectivity index (χ1) is 27.2. The van der Waals surface area contributed by atoms with Crippen LogP contribution in [0.3, 0.4) is 0 Å². The van der Waals surface area contributed by atoms with Crippen LogP contribution in [-0.4, -0.2) is 59.6 Å². The van der Waals surface area contributed by atoms with Crippen LogP contribution in [0.2, 0.25) is 0 Å². The predicted octanol–water partition coefficient (Wildman–Crippen LogP) is 5.29. The van der Waals surface area contributed by atoms with Gasteiger partial charge in [0.2, 0.25) is 5.91 Å². The number of aromatic amines is 2. The molecule has 0 radical (unpaired) electrons. The molecule has 8 rings (SSSR count). The molecule has 2 atom stereocenters. The number of carbonyl (C=O) groups excluding carboxylic acids is 2. The Bertz CT molecular complexity index is 2740. The van der Waals surface area contributed by atoms with Crippen LogP contribution in [-0.2, 0) is 28.3 Å². The highest BCUT2D eigenvalue weighted by Crippen LogP contribution is 2.46. The van der Waals surface area contributed by atoms with Gasteiger partial charge in [-0.05, 0) is 65.7 Å². The Balaban J connectivity index is 1.13. The van der Waals surface area contributed by atoms with Gasteiger partial charge in [-0.1, -0.05) is 85.8 Å². The van der Waals surface area contributed by atoms with Crippen molar-refractivity contribution in [3.05, 3.63) is 171 Å². The SMILES string of the molecule is C[C@@H](/C=C/CC(=O)N(CCO)Cc1ccccc1)[C@]1(O)C(=O)N(Cc2cccc(-n3[nH]c4ccccc4c3=O)c2)c2ccc(-n3[nH]c4ccccc4c3=O)cc21. The Morgan fingerprint density at radius 3 is 2.02 bits per heavy atom. The van der Waals surface area contributed by atoms with Crippen LogP contribution in [0.1, 0.15) is 30.0 Å². The van der Waals surface area contributed by atoms with Crippen molar-refractivity contribution in [2.24, 2.45) is 5.92 Å². The average molecular weight is 749 g/mol. The number of hydrogen-bond donors (Lipinski definition) is 4. The molecular weight excluding hydrogens is 709 g/mol. The van der Waals surface area contributed by atoms with E-state index >= 15 is 0 Å². The largest absolute Gasteiger partial charge is 0.395 e. The monoisotopic (exact) mass is 748 g/mol. The van der Waals surface area contributed by atoms with E-state index in [0.29, 0.717) is 56.5 Å². The van der Waals surface area contributed by atoms with E-state index in [2.05, 4.69) is 10.2 Å². The smallest absolute Gasteiger partial charge is 0.279 e. The third-order valence-electron chi connectivity index (χ3n) is 10.5. The van der Waals surface area contributed by atoms with Gasteiger partial charge in [-0.2, -0.15) is 0 Å². The summed E-state index contributed by atoms with van der Waals surface area (Å²) in [5, 5.41) is 29.6. The van der Waals surface area contributed by atoms with Crippen LogP contribution in [0.15, 0.2) is 143 Å². The molecule has 1 aliphatic rings. The van der Waals surface area contributed by atoms with E-state index in [1.54, 1.807) is 72.5 Å². The molecule has 12 heteroatoms. The summed E-state index contributed by atoms with van der Waals surface area (Å²) in [4.78, 5) is 57.7. The molecule has 0 spiro atoms. The van der Waals surface area contributed by atoms with Crippen molar-refractivity contribution in [2.75, 3.05) is 18.1 Å². The number of nitrogens with zero attached hydrogens (tertiary/aromatic N) is 4. The molecule has 2 amide bonds. The molecule has 0 aliphatic carbocycles. The van der Waals surface area contributed by atoms with Gasteiger partial charge in [0.1, 0.15) is 0 Å². The topological polar surface area (TPSA) is 157 Å². The summed E-state index contributed by atoms with van der Waals surface area (Å²) in [7, 11) is 0. The average Bonchev–Trinajstić information content (AvgIpc) is 3.82. The van der Waals surface area contributed by atoms with Gasteiger partial charge < -0.3 is 20.0 Å². The number of fused-ring (bicyclic) bond motifs is 3.